The van der Waals surface area contributed by atoms with Gasteiger partial charge >= 0.3 is 12.1 Å². The van der Waals surface area contributed by atoms with Gasteiger partial charge in [-0.3, -0.25) is 4.79 Å². The summed E-state index contributed by atoms with van der Waals surface area (Å²) in [5, 5.41) is 9.55. The van der Waals surface area contributed by atoms with Gasteiger partial charge in [0.2, 0.25) is 5.91 Å². The highest BCUT2D eigenvalue weighted by atomic mass is 16.5. The third-order valence-electron chi connectivity index (χ3n) is 6.53. The third kappa shape index (κ3) is 6.29. The molecule has 0 saturated carbocycles. The van der Waals surface area contributed by atoms with Gasteiger partial charge in [-0.25, -0.2) is 9.59 Å². The van der Waals surface area contributed by atoms with Gasteiger partial charge in [-0.05, 0) is 44.7 Å². The quantitative estimate of drug-likeness (QED) is 0.239. The van der Waals surface area contributed by atoms with Gasteiger partial charge in [-0.1, -0.05) is 92.7 Å². The maximum Gasteiger partial charge on any atom is 0.408 e. The van der Waals surface area contributed by atoms with E-state index in [9.17, 15) is 14.4 Å². The van der Waals surface area contributed by atoms with Crippen molar-refractivity contribution in [2.24, 2.45) is 5.92 Å². The van der Waals surface area contributed by atoms with Gasteiger partial charge in [-0.15, -0.1) is 0 Å². The number of rotatable bonds is 9. The number of methoxy groups -OCH3 is 1. The molecule has 7 nitrogen and oxygen atoms in total. The molecule has 0 bridgehead atoms. The van der Waals surface area contributed by atoms with Crippen LogP contribution in [0, 0.1) is 5.92 Å². The van der Waals surface area contributed by atoms with Crippen LogP contribution in [0.5, 0.6) is 0 Å². The first kappa shape index (κ1) is 26.7. The van der Waals surface area contributed by atoms with Gasteiger partial charge in [0.15, 0.2) is 0 Å². The molecule has 38 heavy (non-hydrogen) atoms. The summed E-state index contributed by atoms with van der Waals surface area (Å²) in [5.41, 5.74) is 1.77. The molecule has 0 heterocycles. The minimum atomic E-state index is -0.954. The number of carbonyl (C=O) groups is 3. The average molecular weight is 513 g/mol. The zero-order valence-electron chi connectivity index (χ0n) is 21.8. The lowest BCUT2D eigenvalue weighted by atomic mass is 9.92. The molecular formula is C31H32N2O5. The van der Waals surface area contributed by atoms with Crippen molar-refractivity contribution >= 4 is 39.5 Å². The Bertz CT molecular complexity index is 1380. The van der Waals surface area contributed by atoms with Crippen molar-refractivity contribution in [1.29, 1.82) is 0 Å². The minimum Gasteiger partial charge on any atom is -0.467 e. The Balaban J connectivity index is 1.55. The van der Waals surface area contributed by atoms with Gasteiger partial charge in [-0.2, -0.15) is 0 Å². The molecule has 7 heteroatoms. The van der Waals surface area contributed by atoms with Crippen LogP contribution in [-0.2, 0) is 32.1 Å². The first-order valence-electron chi connectivity index (χ1n) is 12.6. The Kier molecular flexibility index (Phi) is 8.58. The van der Waals surface area contributed by atoms with Crippen LogP contribution in [0.3, 0.4) is 0 Å². The lowest BCUT2D eigenvalue weighted by Gasteiger charge is -2.25. The summed E-state index contributed by atoms with van der Waals surface area (Å²) < 4.78 is 10.4. The Labute approximate surface area is 222 Å². The van der Waals surface area contributed by atoms with Gasteiger partial charge in [0.05, 0.1) is 7.11 Å². The smallest absolute Gasteiger partial charge is 0.408 e. The fraction of sp³-hybridized carbons (Fsp3) is 0.258. The molecule has 4 aromatic carbocycles. The van der Waals surface area contributed by atoms with Crippen LogP contribution in [0.25, 0.3) is 21.5 Å². The summed E-state index contributed by atoms with van der Waals surface area (Å²) in [7, 11) is 1.29. The van der Waals surface area contributed by atoms with Crippen LogP contribution < -0.4 is 10.6 Å². The molecule has 196 valence electrons. The normalized spacial score (nSPS) is 12.6. The van der Waals surface area contributed by atoms with Crippen LogP contribution in [0.4, 0.5) is 4.79 Å². The highest BCUT2D eigenvalue weighted by molar-refractivity contribution is 6.03. The summed E-state index contributed by atoms with van der Waals surface area (Å²) in [5.74, 6) is -1.31. The molecule has 2 N–H and O–H groups in total. The second kappa shape index (κ2) is 12.2. The number of fused-ring (bicyclic) bond motifs is 2. The zero-order chi connectivity index (χ0) is 27.1. The van der Waals surface area contributed by atoms with E-state index in [0.717, 1.165) is 32.7 Å². The van der Waals surface area contributed by atoms with E-state index in [4.69, 9.17) is 9.47 Å². The molecule has 0 aromatic heterocycles. The molecule has 0 spiro atoms. The van der Waals surface area contributed by atoms with E-state index < -0.39 is 30.1 Å². The van der Waals surface area contributed by atoms with Crippen LogP contribution in [0.15, 0.2) is 84.9 Å². The summed E-state index contributed by atoms with van der Waals surface area (Å²) in [6, 6.07) is 25.4. The lowest BCUT2D eigenvalue weighted by Crippen LogP contribution is -2.54. The third-order valence-corrected chi connectivity index (χ3v) is 6.53. The SMILES string of the molecule is COC(=O)[C@H](Cc1c2ccccc2cc2ccccc12)NC(=O)[C@H](NC(=O)OCc1ccccc1)C(C)C. The number of hydrogen-bond donors (Lipinski definition) is 2. The number of hydrogen-bond acceptors (Lipinski definition) is 5. The molecule has 0 unspecified atom stereocenters. The van der Waals surface area contributed by atoms with Crippen LogP contribution in [-0.4, -0.2) is 37.2 Å². The lowest BCUT2D eigenvalue weighted by molar-refractivity contribution is -0.145. The molecule has 0 aliphatic heterocycles. The monoisotopic (exact) mass is 512 g/mol. The topological polar surface area (TPSA) is 93.7 Å². The van der Waals surface area contributed by atoms with Crippen LogP contribution in [0.1, 0.15) is 25.0 Å². The van der Waals surface area contributed by atoms with E-state index in [1.165, 1.54) is 7.11 Å². The zero-order valence-corrected chi connectivity index (χ0v) is 21.8. The van der Waals surface area contributed by atoms with E-state index in [2.05, 4.69) is 16.7 Å². The Morgan fingerprint density at radius 2 is 1.37 bits per heavy atom. The Morgan fingerprint density at radius 1 is 0.789 bits per heavy atom. The highest BCUT2D eigenvalue weighted by Gasteiger charge is 2.30. The van der Waals surface area contributed by atoms with E-state index in [0.29, 0.717) is 0 Å². The number of benzene rings is 4. The van der Waals surface area contributed by atoms with Gasteiger partial charge < -0.3 is 20.1 Å². The van der Waals surface area contributed by atoms with Crippen molar-refractivity contribution in [1.82, 2.24) is 10.6 Å². The van der Waals surface area contributed by atoms with Gasteiger partial charge in [0, 0.05) is 6.42 Å². The van der Waals surface area contributed by atoms with Crippen molar-refractivity contribution < 1.29 is 23.9 Å². The molecule has 2 amide bonds. The number of alkyl carbamates (subject to hydrolysis) is 1. The standard InChI is InChI=1S/C31H32N2O5/c1-20(2)28(33-31(36)38-19-21-11-5-4-6-12-21)29(34)32-27(30(35)37-3)18-26-24-15-9-7-13-22(24)17-23-14-8-10-16-25(23)26/h4-17,20,27-28H,18-19H2,1-3H3,(H,32,34)(H,33,36)/t27-,28+/m0/s1. The number of carbonyl (C=O) groups excluding carboxylic acids is 3. The van der Waals surface area contributed by atoms with Gasteiger partial charge in [0.25, 0.3) is 0 Å². The van der Waals surface area contributed by atoms with E-state index in [1.807, 2.05) is 92.7 Å². The van der Waals surface area contributed by atoms with Crippen LogP contribution >= 0.6 is 0 Å². The maximum atomic E-state index is 13.4. The largest absolute Gasteiger partial charge is 0.467 e. The molecule has 0 radical (unpaired) electrons. The molecule has 0 fully saturated rings. The second-order valence-electron chi connectivity index (χ2n) is 9.51. The van der Waals surface area contributed by atoms with Crippen molar-refractivity contribution in [3.63, 3.8) is 0 Å². The Morgan fingerprint density at radius 3 is 1.95 bits per heavy atom. The molecule has 0 saturated heterocycles. The van der Waals surface area contributed by atoms with Crippen molar-refractivity contribution in [2.45, 2.75) is 39.0 Å². The Hall–Kier alpha value is -4.39. The number of nitrogens with one attached hydrogen (secondary N) is 2. The van der Waals surface area contributed by atoms with E-state index in [1.54, 1.807) is 0 Å². The summed E-state index contributed by atoms with van der Waals surface area (Å²) in [6.45, 7) is 3.71. The molecule has 0 aliphatic rings. The van der Waals surface area contributed by atoms with Crippen molar-refractivity contribution in [3.8, 4) is 0 Å². The second-order valence-corrected chi connectivity index (χ2v) is 9.51. The number of ether oxygens (including phenoxy) is 2. The average Bonchev–Trinajstić information content (AvgIpc) is 2.94. The first-order chi connectivity index (χ1) is 18.4. The summed E-state index contributed by atoms with van der Waals surface area (Å²) in [6.07, 6.45) is -0.485. The fourth-order valence-electron chi connectivity index (χ4n) is 4.56. The van der Waals surface area contributed by atoms with Crippen molar-refractivity contribution in [3.05, 3.63) is 96.1 Å². The minimum absolute atomic E-state index is 0.0814. The predicted molar refractivity (Wildman–Crippen MR) is 147 cm³/mol. The number of amides is 2. The fourth-order valence-corrected chi connectivity index (χ4v) is 4.56. The van der Waals surface area contributed by atoms with Gasteiger partial charge in [0.1, 0.15) is 18.7 Å². The number of esters is 1. The first-order valence-corrected chi connectivity index (χ1v) is 12.6. The maximum absolute atomic E-state index is 13.4. The molecule has 4 aromatic rings. The predicted octanol–water partition coefficient (Wildman–Crippen LogP) is 5.14. The van der Waals surface area contributed by atoms with E-state index >= 15 is 0 Å². The van der Waals surface area contributed by atoms with Crippen LogP contribution in [0.2, 0.25) is 0 Å². The van der Waals surface area contributed by atoms with Crippen molar-refractivity contribution in [2.75, 3.05) is 7.11 Å². The molecular weight excluding hydrogens is 480 g/mol. The summed E-state index contributed by atoms with van der Waals surface area (Å²) in [4.78, 5) is 38.7. The van der Waals surface area contributed by atoms with E-state index in [-0.39, 0.29) is 18.9 Å². The summed E-state index contributed by atoms with van der Waals surface area (Å²) >= 11 is 0. The molecule has 2 atom stereocenters. The molecule has 4 rings (SSSR count). The highest BCUT2D eigenvalue weighted by Crippen LogP contribution is 2.29. The molecule has 0 aliphatic carbocycles.